The highest BCUT2D eigenvalue weighted by Crippen LogP contribution is 2.45. The van der Waals surface area contributed by atoms with E-state index in [1.54, 1.807) is 12.3 Å². The number of rotatable bonds is 5. The van der Waals surface area contributed by atoms with E-state index in [0.717, 1.165) is 12.8 Å². The molecule has 32 heavy (non-hydrogen) atoms. The molecule has 2 N–H and O–H groups in total. The van der Waals surface area contributed by atoms with E-state index in [4.69, 9.17) is 4.42 Å². The van der Waals surface area contributed by atoms with Crippen LogP contribution in [-0.2, 0) is 6.42 Å². The lowest BCUT2D eigenvalue weighted by molar-refractivity contribution is -0.274. The van der Waals surface area contributed by atoms with Gasteiger partial charge in [0.1, 0.15) is 10.6 Å². The number of hydrogen-bond acceptors (Lipinski definition) is 8. The quantitative estimate of drug-likeness (QED) is 0.579. The van der Waals surface area contributed by atoms with Gasteiger partial charge in [-0.1, -0.05) is 6.92 Å². The molecule has 170 valence electrons. The molecule has 0 radical (unpaired) electrons. The lowest BCUT2D eigenvalue weighted by Crippen LogP contribution is -2.51. The summed E-state index contributed by atoms with van der Waals surface area (Å²) < 4.78 is 50.1. The Balaban J connectivity index is 1.78. The lowest BCUT2D eigenvalue weighted by Gasteiger charge is -2.31. The summed E-state index contributed by atoms with van der Waals surface area (Å²) in [6.45, 7) is 2.85. The first-order valence-electron chi connectivity index (χ1n) is 10.1. The number of ether oxygens (including phenoxy) is 1. The normalized spacial score (nSPS) is 20.8. The fourth-order valence-electron chi connectivity index (χ4n) is 4.61. The molecule has 2 unspecified atom stereocenters. The summed E-state index contributed by atoms with van der Waals surface area (Å²) in [6.07, 6.45) is -1.43. The van der Waals surface area contributed by atoms with Gasteiger partial charge in [0.2, 0.25) is 0 Å². The Morgan fingerprint density at radius 1 is 1.38 bits per heavy atom. The Kier molecular flexibility index (Phi) is 5.01. The zero-order valence-corrected chi connectivity index (χ0v) is 17.7. The van der Waals surface area contributed by atoms with Crippen molar-refractivity contribution in [3.63, 3.8) is 0 Å². The molecule has 3 aromatic rings. The fraction of sp³-hybridized carbons (Fsp3) is 0.450. The third-order valence-electron chi connectivity index (χ3n) is 5.81. The number of fused-ring (bicyclic) bond motifs is 3. The van der Waals surface area contributed by atoms with Crippen LogP contribution in [0.15, 0.2) is 16.0 Å². The van der Waals surface area contributed by atoms with Gasteiger partial charge >= 0.3 is 12.3 Å². The van der Waals surface area contributed by atoms with Crippen LogP contribution in [0.4, 0.5) is 19.2 Å². The number of nitrogens with zero attached hydrogens (tertiary/aromatic N) is 3. The zero-order valence-electron chi connectivity index (χ0n) is 16.9. The molecule has 5 rings (SSSR count). The Hall–Kier alpha value is -2.86. The molecule has 8 nitrogen and oxygen atoms in total. The maximum absolute atomic E-state index is 13.3. The van der Waals surface area contributed by atoms with Crippen molar-refractivity contribution in [1.82, 2.24) is 15.3 Å². The summed E-state index contributed by atoms with van der Waals surface area (Å²) in [7, 11) is 0. The van der Waals surface area contributed by atoms with Crippen molar-refractivity contribution < 1.29 is 32.2 Å². The summed E-state index contributed by atoms with van der Waals surface area (Å²) >= 11 is 1.24. The van der Waals surface area contributed by atoms with Crippen LogP contribution in [0.2, 0.25) is 0 Å². The number of carboxylic acids is 1. The number of hydrogen-bond donors (Lipinski definition) is 2. The van der Waals surface area contributed by atoms with Crippen molar-refractivity contribution in [3.8, 4) is 16.3 Å². The number of piperazine rings is 1. The van der Waals surface area contributed by atoms with Crippen LogP contribution in [0.1, 0.15) is 35.7 Å². The van der Waals surface area contributed by atoms with Gasteiger partial charge in [-0.2, -0.15) is 4.98 Å². The van der Waals surface area contributed by atoms with Gasteiger partial charge < -0.3 is 24.5 Å². The highest BCUT2D eigenvalue weighted by Gasteiger charge is 2.39. The van der Waals surface area contributed by atoms with Crippen LogP contribution in [-0.4, -0.2) is 52.6 Å². The minimum absolute atomic E-state index is 0.0435. The number of alkyl halides is 3. The standard InChI is InChI=1S/C20H19F3N4O4S/c1-2-11-12(17-24-5-6-32-17)15-14(16(13(11)18(28)29)31-20(21,22)23)26-19(30-15)27-7-9-3-4-10(8-27)25-9/h5-6,9-10,25H,2-4,7-8H2,1H3,(H,28,29). The minimum atomic E-state index is -5.10. The fourth-order valence-corrected chi connectivity index (χ4v) is 5.31. The Morgan fingerprint density at radius 2 is 2.09 bits per heavy atom. The molecule has 0 aliphatic carbocycles. The number of carboxylic acid groups (broad SMARTS) is 1. The predicted octanol–water partition coefficient (Wildman–Crippen LogP) is 4.05. The topological polar surface area (TPSA) is 101 Å². The second kappa shape index (κ2) is 7.62. The Bertz CT molecular complexity index is 1170. The van der Waals surface area contributed by atoms with Gasteiger partial charge in [0.25, 0.3) is 6.01 Å². The van der Waals surface area contributed by atoms with Crippen LogP contribution in [0.5, 0.6) is 5.75 Å². The number of benzene rings is 1. The molecule has 0 amide bonds. The van der Waals surface area contributed by atoms with E-state index in [-0.39, 0.29) is 41.2 Å². The number of anilines is 1. The predicted molar refractivity (Wildman–Crippen MR) is 110 cm³/mol. The second-order valence-electron chi connectivity index (χ2n) is 7.82. The number of nitrogens with one attached hydrogen (secondary N) is 1. The molecule has 2 atom stereocenters. The van der Waals surface area contributed by atoms with Crippen LogP contribution >= 0.6 is 11.3 Å². The van der Waals surface area contributed by atoms with Gasteiger partial charge in [0.05, 0.1) is 5.56 Å². The lowest BCUT2D eigenvalue weighted by atomic mass is 9.96. The average Bonchev–Trinajstić information content (AvgIpc) is 3.46. The molecule has 0 saturated carbocycles. The summed E-state index contributed by atoms with van der Waals surface area (Å²) in [5.74, 6) is -2.39. The number of halogens is 3. The maximum atomic E-state index is 13.3. The van der Waals surface area contributed by atoms with Gasteiger partial charge in [-0.3, -0.25) is 0 Å². The van der Waals surface area contributed by atoms with Crippen molar-refractivity contribution in [2.75, 3.05) is 18.0 Å². The summed E-state index contributed by atoms with van der Waals surface area (Å²) in [5, 5.41) is 15.5. The average molecular weight is 468 g/mol. The van der Waals surface area contributed by atoms with Gasteiger partial charge in [0, 0.05) is 36.8 Å². The molecule has 2 saturated heterocycles. The number of aromatic carboxylic acids is 1. The van der Waals surface area contributed by atoms with Gasteiger partial charge in [-0.25, -0.2) is 9.78 Å². The smallest absolute Gasteiger partial charge is 0.478 e. The van der Waals surface area contributed by atoms with E-state index in [1.165, 1.54) is 17.5 Å². The van der Waals surface area contributed by atoms with E-state index < -0.39 is 23.6 Å². The first-order valence-corrected chi connectivity index (χ1v) is 11.0. The first kappa shape index (κ1) is 21.0. The van der Waals surface area contributed by atoms with Crippen molar-refractivity contribution in [2.45, 2.75) is 44.6 Å². The highest BCUT2D eigenvalue weighted by molar-refractivity contribution is 7.13. The molecular formula is C20H19F3N4O4S. The van der Waals surface area contributed by atoms with E-state index in [2.05, 4.69) is 20.0 Å². The van der Waals surface area contributed by atoms with E-state index in [1.807, 2.05) is 4.90 Å². The number of aromatic nitrogens is 2. The van der Waals surface area contributed by atoms with E-state index in [0.29, 0.717) is 23.7 Å². The summed E-state index contributed by atoms with van der Waals surface area (Å²) in [4.78, 5) is 22.6. The van der Waals surface area contributed by atoms with Crippen molar-refractivity contribution in [3.05, 3.63) is 22.7 Å². The molecule has 2 aliphatic heterocycles. The summed E-state index contributed by atoms with van der Waals surface area (Å²) in [6, 6.07) is 0.635. The third-order valence-corrected chi connectivity index (χ3v) is 6.60. The number of carbonyl (C=O) groups is 1. The Labute approximate surface area is 184 Å². The van der Waals surface area contributed by atoms with Crippen LogP contribution in [0.25, 0.3) is 21.7 Å². The molecule has 2 bridgehead atoms. The molecular weight excluding hydrogens is 449 g/mol. The zero-order chi connectivity index (χ0) is 22.6. The molecule has 4 heterocycles. The molecule has 2 aromatic heterocycles. The van der Waals surface area contributed by atoms with Crippen molar-refractivity contribution in [1.29, 1.82) is 0 Å². The molecule has 2 fully saturated rings. The third kappa shape index (κ3) is 3.56. The molecule has 1 aromatic carbocycles. The van der Waals surface area contributed by atoms with Crippen molar-refractivity contribution in [2.24, 2.45) is 0 Å². The molecule has 12 heteroatoms. The van der Waals surface area contributed by atoms with Gasteiger partial charge in [-0.15, -0.1) is 24.5 Å². The Morgan fingerprint density at radius 3 is 2.66 bits per heavy atom. The summed E-state index contributed by atoms with van der Waals surface area (Å²) in [5.41, 5.74) is -0.323. The SMILES string of the molecule is CCc1c(C(=O)O)c(OC(F)(F)F)c2nc(N3CC4CCC(C3)N4)oc2c1-c1nccs1. The van der Waals surface area contributed by atoms with Gasteiger partial charge in [-0.05, 0) is 24.8 Å². The monoisotopic (exact) mass is 468 g/mol. The highest BCUT2D eigenvalue weighted by atomic mass is 32.1. The van der Waals surface area contributed by atoms with Crippen LogP contribution in [0, 0.1) is 0 Å². The van der Waals surface area contributed by atoms with E-state index in [9.17, 15) is 23.1 Å². The maximum Gasteiger partial charge on any atom is 0.573 e. The second-order valence-corrected chi connectivity index (χ2v) is 8.71. The minimum Gasteiger partial charge on any atom is -0.478 e. The number of oxazole rings is 1. The molecule has 2 aliphatic rings. The first-order chi connectivity index (χ1) is 15.2. The van der Waals surface area contributed by atoms with Crippen LogP contribution in [0.3, 0.4) is 0 Å². The van der Waals surface area contributed by atoms with Crippen molar-refractivity contribution >= 4 is 34.4 Å². The van der Waals surface area contributed by atoms with Gasteiger partial charge in [0.15, 0.2) is 16.8 Å². The number of thiazole rings is 1. The van der Waals surface area contributed by atoms with E-state index >= 15 is 0 Å². The largest absolute Gasteiger partial charge is 0.573 e. The molecule has 0 spiro atoms. The van der Waals surface area contributed by atoms with Crippen LogP contribution < -0.4 is 15.0 Å².